The number of nitrogens with one attached hydrogen (secondary N) is 2. The molecule has 7 heteroatoms. The summed E-state index contributed by atoms with van der Waals surface area (Å²) >= 11 is 0. The van der Waals surface area contributed by atoms with Crippen LogP contribution >= 0.6 is 24.0 Å². The van der Waals surface area contributed by atoms with Gasteiger partial charge in [0.25, 0.3) is 0 Å². The molecule has 2 rings (SSSR count). The zero-order chi connectivity index (χ0) is 13.5. The first kappa shape index (κ1) is 16.4. The fourth-order valence-electron chi connectivity index (χ4n) is 1.66. The van der Waals surface area contributed by atoms with E-state index in [0.29, 0.717) is 13.1 Å². The highest BCUT2D eigenvalue weighted by Gasteiger charge is 2.03. The van der Waals surface area contributed by atoms with Crippen molar-refractivity contribution in [2.45, 2.75) is 13.5 Å². The Kier molecular flexibility index (Phi) is 6.99. The summed E-state index contributed by atoms with van der Waals surface area (Å²) in [5, 5.41) is 14.5. The van der Waals surface area contributed by atoms with Crippen LogP contribution < -0.4 is 10.6 Å². The molecule has 0 atom stereocenters. The molecule has 0 bridgehead atoms. The topological polar surface area (TPSA) is 66.6 Å². The predicted octanol–water partition coefficient (Wildman–Crippen LogP) is 1.59. The number of guanidine groups is 1. The predicted molar refractivity (Wildman–Crippen MR) is 91.4 cm³/mol. The van der Waals surface area contributed by atoms with E-state index in [1.165, 1.54) is 0 Å². The van der Waals surface area contributed by atoms with Crippen LogP contribution in [-0.2, 0) is 6.54 Å². The van der Waals surface area contributed by atoms with Gasteiger partial charge in [-0.2, -0.15) is 0 Å². The molecule has 2 heterocycles. The first-order valence-corrected chi connectivity index (χ1v) is 6.27. The number of aliphatic imine (C=N–C) groups is 1. The Morgan fingerprint density at radius 1 is 1.40 bits per heavy atom. The standard InChI is InChI=1S/C13H18N6.HI/c1-3-8-15-13(14-4-2)16-10-12-18-17-11-7-5-6-9-19(11)12;/h3,5-7,9H,1,4,8,10H2,2H3,(H2,14,15,16);1H. The third kappa shape index (κ3) is 4.19. The summed E-state index contributed by atoms with van der Waals surface area (Å²) < 4.78 is 1.93. The van der Waals surface area contributed by atoms with Gasteiger partial charge in [0.05, 0.1) is 0 Å². The van der Waals surface area contributed by atoms with E-state index < -0.39 is 0 Å². The van der Waals surface area contributed by atoms with E-state index in [-0.39, 0.29) is 24.0 Å². The molecule has 20 heavy (non-hydrogen) atoms. The number of fused-ring (bicyclic) bond motifs is 1. The van der Waals surface area contributed by atoms with Gasteiger partial charge >= 0.3 is 0 Å². The number of halogens is 1. The zero-order valence-electron chi connectivity index (χ0n) is 11.4. The lowest BCUT2D eigenvalue weighted by Crippen LogP contribution is -2.37. The number of rotatable bonds is 5. The summed E-state index contributed by atoms with van der Waals surface area (Å²) in [6.07, 6.45) is 3.73. The Balaban J connectivity index is 0.00000200. The number of hydrogen-bond acceptors (Lipinski definition) is 3. The molecule has 0 aliphatic heterocycles. The summed E-state index contributed by atoms with van der Waals surface area (Å²) in [6.45, 7) is 7.65. The highest BCUT2D eigenvalue weighted by molar-refractivity contribution is 14.0. The van der Waals surface area contributed by atoms with Crippen LogP contribution in [0.5, 0.6) is 0 Å². The lowest BCUT2D eigenvalue weighted by atomic mass is 10.4. The SMILES string of the molecule is C=CCNC(=NCc1nnc2ccccn12)NCC.I. The van der Waals surface area contributed by atoms with E-state index in [9.17, 15) is 0 Å². The summed E-state index contributed by atoms with van der Waals surface area (Å²) in [5.74, 6) is 1.56. The monoisotopic (exact) mass is 386 g/mol. The van der Waals surface area contributed by atoms with E-state index in [1.807, 2.05) is 35.7 Å². The van der Waals surface area contributed by atoms with E-state index in [2.05, 4.69) is 32.4 Å². The average molecular weight is 386 g/mol. The Hall–Kier alpha value is -1.64. The molecule has 0 radical (unpaired) electrons. The Labute approximate surface area is 135 Å². The van der Waals surface area contributed by atoms with Gasteiger partial charge in [0, 0.05) is 19.3 Å². The molecule has 6 nitrogen and oxygen atoms in total. The van der Waals surface area contributed by atoms with Crippen molar-refractivity contribution in [1.82, 2.24) is 25.2 Å². The van der Waals surface area contributed by atoms with Crippen LogP contribution in [0.15, 0.2) is 42.0 Å². The zero-order valence-corrected chi connectivity index (χ0v) is 13.7. The third-order valence-electron chi connectivity index (χ3n) is 2.52. The Bertz CT molecular complexity index is 577. The molecule has 2 aromatic heterocycles. The summed E-state index contributed by atoms with van der Waals surface area (Å²) in [4.78, 5) is 4.47. The van der Waals surface area contributed by atoms with Crippen LogP contribution in [0.1, 0.15) is 12.7 Å². The molecule has 0 aliphatic carbocycles. The van der Waals surface area contributed by atoms with Gasteiger partial charge < -0.3 is 10.6 Å². The fourth-order valence-corrected chi connectivity index (χ4v) is 1.66. The van der Waals surface area contributed by atoms with Gasteiger partial charge in [-0.05, 0) is 19.1 Å². The smallest absolute Gasteiger partial charge is 0.191 e. The van der Waals surface area contributed by atoms with Gasteiger partial charge in [0.2, 0.25) is 0 Å². The largest absolute Gasteiger partial charge is 0.357 e. The van der Waals surface area contributed by atoms with Crippen molar-refractivity contribution in [3.63, 3.8) is 0 Å². The van der Waals surface area contributed by atoms with Gasteiger partial charge in [0.15, 0.2) is 17.4 Å². The van der Waals surface area contributed by atoms with Crippen molar-refractivity contribution in [3.05, 3.63) is 42.9 Å². The van der Waals surface area contributed by atoms with Crippen LogP contribution in [0.25, 0.3) is 5.65 Å². The molecule has 2 aromatic rings. The van der Waals surface area contributed by atoms with Gasteiger partial charge in [-0.25, -0.2) is 4.99 Å². The number of pyridine rings is 1. The van der Waals surface area contributed by atoms with Crippen LogP contribution in [0, 0.1) is 0 Å². The molecule has 0 fully saturated rings. The maximum Gasteiger partial charge on any atom is 0.191 e. The molecule has 0 saturated heterocycles. The van der Waals surface area contributed by atoms with Crippen LogP contribution in [0.3, 0.4) is 0 Å². The Morgan fingerprint density at radius 2 is 2.25 bits per heavy atom. The molecule has 0 spiro atoms. The second-order valence-corrected chi connectivity index (χ2v) is 3.91. The molecular weight excluding hydrogens is 367 g/mol. The van der Waals surface area contributed by atoms with Gasteiger partial charge in [-0.15, -0.1) is 40.8 Å². The molecule has 0 unspecified atom stereocenters. The summed E-state index contributed by atoms with van der Waals surface area (Å²) in [5.41, 5.74) is 0.830. The highest BCUT2D eigenvalue weighted by Crippen LogP contribution is 2.03. The molecular formula is C13H19IN6. The van der Waals surface area contributed by atoms with Crippen molar-refractivity contribution in [2.24, 2.45) is 4.99 Å². The van der Waals surface area contributed by atoms with Gasteiger partial charge in [-0.3, -0.25) is 4.40 Å². The summed E-state index contributed by atoms with van der Waals surface area (Å²) in [7, 11) is 0. The van der Waals surface area contributed by atoms with Crippen molar-refractivity contribution in [1.29, 1.82) is 0 Å². The minimum atomic E-state index is 0. The highest BCUT2D eigenvalue weighted by atomic mass is 127. The maximum atomic E-state index is 4.47. The quantitative estimate of drug-likeness (QED) is 0.355. The van der Waals surface area contributed by atoms with Crippen molar-refractivity contribution >= 4 is 35.6 Å². The lowest BCUT2D eigenvalue weighted by molar-refractivity contribution is 0.828. The Morgan fingerprint density at radius 3 is 3.00 bits per heavy atom. The van der Waals surface area contributed by atoms with E-state index in [0.717, 1.165) is 24.0 Å². The normalized spacial score (nSPS) is 10.9. The molecule has 2 N–H and O–H groups in total. The maximum absolute atomic E-state index is 4.47. The summed E-state index contributed by atoms with van der Waals surface area (Å²) in [6, 6.07) is 5.80. The molecule has 0 amide bonds. The minimum absolute atomic E-state index is 0. The van der Waals surface area contributed by atoms with Crippen molar-refractivity contribution in [3.8, 4) is 0 Å². The second-order valence-electron chi connectivity index (χ2n) is 3.91. The van der Waals surface area contributed by atoms with E-state index in [1.54, 1.807) is 6.08 Å². The van der Waals surface area contributed by atoms with Gasteiger partial charge in [-0.1, -0.05) is 12.1 Å². The van der Waals surface area contributed by atoms with Crippen molar-refractivity contribution < 1.29 is 0 Å². The first-order valence-electron chi connectivity index (χ1n) is 6.27. The van der Waals surface area contributed by atoms with E-state index in [4.69, 9.17) is 0 Å². The molecule has 0 aromatic carbocycles. The van der Waals surface area contributed by atoms with Gasteiger partial charge in [0.1, 0.15) is 6.54 Å². The van der Waals surface area contributed by atoms with E-state index >= 15 is 0 Å². The fraction of sp³-hybridized carbons (Fsp3) is 0.308. The number of hydrogen-bond donors (Lipinski definition) is 2. The first-order chi connectivity index (χ1) is 9.35. The number of nitrogens with zero attached hydrogens (tertiary/aromatic N) is 4. The van der Waals surface area contributed by atoms with Crippen LogP contribution in [0.2, 0.25) is 0 Å². The van der Waals surface area contributed by atoms with Crippen LogP contribution in [-0.4, -0.2) is 33.6 Å². The lowest BCUT2D eigenvalue weighted by Gasteiger charge is -2.08. The second kappa shape index (κ2) is 8.51. The molecule has 0 saturated carbocycles. The van der Waals surface area contributed by atoms with Crippen molar-refractivity contribution in [2.75, 3.05) is 13.1 Å². The third-order valence-corrected chi connectivity index (χ3v) is 2.52. The minimum Gasteiger partial charge on any atom is -0.357 e. The number of aromatic nitrogens is 3. The van der Waals surface area contributed by atoms with Crippen LogP contribution in [0.4, 0.5) is 0 Å². The average Bonchev–Trinajstić information content (AvgIpc) is 2.85. The molecule has 0 aliphatic rings. The molecule has 108 valence electrons.